The summed E-state index contributed by atoms with van der Waals surface area (Å²) in [5.74, 6) is 0. The standard InChI is InChI=1S/C57H41NO/c1-57(2)53-19-11-9-17-48(53)49-34-33-47(37-54(49)57)58(45-15-7-4-8-16-45)46-31-29-41(30-32-46)40-21-23-42(24-22-40)44-35-51(56-52(36-44)50-18-10-12-20-55(50)59-56)43-27-25-39(26-28-43)38-13-5-3-6-14-38/h3-37H,1-2H3. The third-order valence-electron chi connectivity index (χ3n) is 12.3. The molecule has 0 saturated heterocycles. The molecule has 2 nitrogen and oxygen atoms in total. The predicted molar refractivity (Wildman–Crippen MR) is 248 cm³/mol. The molecule has 0 bridgehead atoms. The van der Waals surface area contributed by atoms with Crippen molar-refractivity contribution in [2.75, 3.05) is 4.90 Å². The Labute approximate surface area is 345 Å². The first-order valence-electron chi connectivity index (χ1n) is 20.4. The molecule has 2 heteroatoms. The second-order valence-electron chi connectivity index (χ2n) is 16.1. The highest BCUT2D eigenvalue weighted by Crippen LogP contribution is 2.50. The first kappa shape index (κ1) is 34.8. The Morgan fingerprint density at radius 3 is 1.56 bits per heavy atom. The van der Waals surface area contributed by atoms with Crippen LogP contribution in [0.25, 0.3) is 77.6 Å². The number of benzene rings is 9. The molecule has 11 rings (SSSR count). The molecule has 9 aromatic carbocycles. The van der Waals surface area contributed by atoms with Crippen LogP contribution in [0.15, 0.2) is 217 Å². The van der Waals surface area contributed by atoms with E-state index in [0.717, 1.165) is 61.3 Å². The van der Waals surface area contributed by atoms with Crippen LogP contribution in [0.3, 0.4) is 0 Å². The molecule has 1 aromatic heterocycles. The van der Waals surface area contributed by atoms with Gasteiger partial charge in [-0.2, -0.15) is 0 Å². The highest BCUT2D eigenvalue weighted by molar-refractivity contribution is 6.11. The van der Waals surface area contributed by atoms with Crippen molar-refractivity contribution in [1.82, 2.24) is 0 Å². The summed E-state index contributed by atoms with van der Waals surface area (Å²) >= 11 is 0. The van der Waals surface area contributed by atoms with Gasteiger partial charge < -0.3 is 9.32 Å². The van der Waals surface area contributed by atoms with E-state index < -0.39 is 0 Å². The molecule has 0 fully saturated rings. The van der Waals surface area contributed by atoms with Gasteiger partial charge in [0.05, 0.1) is 0 Å². The lowest BCUT2D eigenvalue weighted by molar-refractivity contribution is 0.660. The Balaban J connectivity index is 0.930. The molecule has 0 N–H and O–H groups in total. The van der Waals surface area contributed by atoms with Crippen LogP contribution in [0.2, 0.25) is 0 Å². The zero-order chi connectivity index (χ0) is 39.5. The van der Waals surface area contributed by atoms with E-state index in [1.54, 1.807) is 0 Å². The quantitative estimate of drug-likeness (QED) is 0.161. The maximum absolute atomic E-state index is 6.54. The Bertz CT molecular complexity index is 3140. The fraction of sp³-hybridized carbons (Fsp3) is 0.0526. The summed E-state index contributed by atoms with van der Waals surface area (Å²) in [4.78, 5) is 2.37. The second kappa shape index (κ2) is 13.9. The number of hydrogen-bond acceptors (Lipinski definition) is 2. The minimum absolute atomic E-state index is 0.0753. The lowest BCUT2D eigenvalue weighted by atomic mass is 9.82. The molecule has 1 heterocycles. The average molecular weight is 756 g/mol. The van der Waals surface area contributed by atoms with Gasteiger partial charge in [0.2, 0.25) is 0 Å². The molecule has 0 radical (unpaired) electrons. The fourth-order valence-corrected chi connectivity index (χ4v) is 9.19. The molecule has 0 unspecified atom stereocenters. The maximum atomic E-state index is 6.54. The summed E-state index contributed by atoms with van der Waals surface area (Å²) < 4.78 is 6.54. The highest BCUT2D eigenvalue weighted by atomic mass is 16.3. The Hall–Kier alpha value is -7.42. The molecule has 0 amide bonds. The van der Waals surface area contributed by atoms with E-state index in [0.29, 0.717) is 0 Å². The Kier molecular flexibility index (Phi) is 8.20. The number of anilines is 3. The van der Waals surface area contributed by atoms with E-state index in [4.69, 9.17) is 4.42 Å². The molecule has 0 spiro atoms. The van der Waals surface area contributed by atoms with Gasteiger partial charge in [-0.3, -0.25) is 0 Å². The number of para-hydroxylation sites is 2. The van der Waals surface area contributed by atoms with Gasteiger partial charge in [-0.25, -0.2) is 0 Å². The first-order chi connectivity index (χ1) is 29.0. The molecule has 1 aliphatic carbocycles. The van der Waals surface area contributed by atoms with E-state index in [9.17, 15) is 0 Å². The number of nitrogens with zero attached hydrogens (tertiary/aromatic N) is 1. The molecule has 1 aliphatic rings. The lowest BCUT2D eigenvalue weighted by Gasteiger charge is -2.28. The monoisotopic (exact) mass is 755 g/mol. The predicted octanol–water partition coefficient (Wildman–Crippen LogP) is 16.0. The molecular formula is C57H41NO. The summed E-state index contributed by atoms with van der Waals surface area (Å²) in [5, 5.41) is 2.25. The van der Waals surface area contributed by atoms with Gasteiger partial charge in [-0.1, -0.05) is 172 Å². The van der Waals surface area contributed by atoms with Crippen LogP contribution in [0.5, 0.6) is 0 Å². The number of furan rings is 1. The normalized spacial score (nSPS) is 12.7. The third-order valence-corrected chi connectivity index (χ3v) is 12.3. The van der Waals surface area contributed by atoms with Crippen molar-refractivity contribution in [2.24, 2.45) is 0 Å². The van der Waals surface area contributed by atoms with Crippen LogP contribution in [-0.4, -0.2) is 0 Å². The summed E-state index contributed by atoms with van der Waals surface area (Å²) in [6.45, 7) is 4.69. The van der Waals surface area contributed by atoms with Gasteiger partial charge in [0, 0.05) is 38.8 Å². The average Bonchev–Trinajstić information content (AvgIpc) is 3.79. The largest absolute Gasteiger partial charge is 0.455 e. The van der Waals surface area contributed by atoms with Crippen LogP contribution < -0.4 is 4.90 Å². The van der Waals surface area contributed by atoms with Crippen LogP contribution in [0, 0.1) is 0 Å². The van der Waals surface area contributed by atoms with E-state index in [2.05, 4.69) is 225 Å². The Morgan fingerprint density at radius 2 is 0.847 bits per heavy atom. The summed E-state index contributed by atoms with van der Waals surface area (Å²) in [6.07, 6.45) is 0. The summed E-state index contributed by atoms with van der Waals surface area (Å²) in [6, 6.07) is 76.7. The number of rotatable bonds is 7. The van der Waals surface area contributed by atoms with Gasteiger partial charge >= 0.3 is 0 Å². The van der Waals surface area contributed by atoms with Crippen molar-refractivity contribution in [1.29, 1.82) is 0 Å². The highest BCUT2D eigenvalue weighted by Gasteiger charge is 2.35. The van der Waals surface area contributed by atoms with Gasteiger partial charge in [-0.15, -0.1) is 0 Å². The molecule has 10 aromatic rings. The topological polar surface area (TPSA) is 16.4 Å². The molecule has 0 saturated carbocycles. The minimum atomic E-state index is -0.0753. The van der Waals surface area contributed by atoms with E-state index in [1.165, 1.54) is 44.5 Å². The van der Waals surface area contributed by atoms with Gasteiger partial charge in [-0.05, 0) is 116 Å². The van der Waals surface area contributed by atoms with Crippen LogP contribution >= 0.6 is 0 Å². The van der Waals surface area contributed by atoms with Crippen molar-refractivity contribution < 1.29 is 4.42 Å². The van der Waals surface area contributed by atoms with E-state index >= 15 is 0 Å². The van der Waals surface area contributed by atoms with E-state index in [-0.39, 0.29) is 5.41 Å². The lowest BCUT2D eigenvalue weighted by Crippen LogP contribution is -2.16. The SMILES string of the molecule is CC1(C)c2ccccc2-c2ccc(N(c3ccccc3)c3ccc(-c4ccc(-c5cc(-c6ccc(-c7ccccc7)cc6)c6oc7ccccc7c6c5)cc4)cc3)cc21. The van der Waals surface area contributed by atoms with E-state index in [1.807, 2.05) is 6.07 Å². The number of hydrogen-bond donors (Lipinski definition) is 0. The van der Waals surface area contributed by atoms with Crippen molar-refractivity contribution in [2.45, 2.75) is 19.3 Å². The third kappa shape index (κ3) is 5.96. The van der Waals surface area contributed by atoms with Crippen LogP contribution in [0.4, 0.5) is 17.1 Å². The van der Waals surface area contributed by atoms with Crippen molar-refractivity contribution >= 4 is 39.0 Å². The molecule has 0 atom stereocenters. The van der Waals surface area contributed by atoms with Gasteiger partial charge in [0.1, 0.15) is 11.2 Å². The molecule has 59 heavy (non-hydrogen) atoms. The summed E-state index contributed by atoms with van der Waals surface area (Å²) in [7, 11) is 0. The van der Waals surface area contributed by atoms with Gasteiger partial charge in [0.15, 0.2) is 0 Å². The smallest absolute Gasteiger partial charge is 0.143 e. The van der Waals surface area contributed by atoms with Gasteiger partial charge in [0.25, 0.3) is 0 Å². The fourth-order valence-electron chi connectivity index (χ4n) is 9.19. The van der Waals surface area contributed by atoms with Crippen LogP contribution in [-0.2, 0) is 5.41 Å². The molecule has 0 aliphatic heterocycles. The second-order valence-corrected chi connectivity index (χ2v) is 16.1. The summed E-state index contributed by atoms with van der Waals surface area (Å²) in [5.41, 5.74) is 19.9. The first-order valence-corrected chi connectivity index (χ1v) is 20.4. The minimum Gasteiger partial charge on any atom is -0.455 e. The van der Waals surface area contributed by atoms with Crippen molar-refractivity contribution in [3.63, 3.8) is 0 Å². The van der Waals surface area contributed by atoms with Crippen LogP contribution in [0.1, 0.15) is 25.0 Å². The zero-order valence-corrected chi connectivity index (χ0v) is 33.1. The maximum Gasteiger partial charge on any atom is 0.143 e. The Morgan fingerprint density at radius 1 is 0.339 bits per heavy atom. The van der Waals surface area contributed by atoms with Crippen molar-refractivity contribution in [3.8, 4) is 55.6 Å². The molecular weight excluding hydrogens is 715 g/mol. The van der Waals surface area contributed by atoms with Crippen molar-refractivity contribution in [3.05, 3.63) is 223 Å². The number of fused-ring (bicyclic) bond motifs is 6. The molecule has 280 valence electrons. The zero-order valence-electron chi connectivity index (χ0n) is 33.1.